The highest BCUT2D eigenvalue weighted by Crippen LogP contribution is 2.25. The number of nitrogens with two attached hydrogens (primary N) is 1. The number of nitrogens with zero attached hydrogens (tertiary/aromatic N) is 1. The summed E-state index contributed by atoms with van der Waals surface area (Å²) in [5, 5.41) is 3.40. The van der Waals surface area contributed by atoms with E-state index in [1.54, 1.807) is 23.9 Å². The standard InChI is InChI=1S/C15H21N3O3S/c1-3-18(13-9-17-6-7-22-13)15(20)11-5-4-10(14(16)19)8-12(11)21-2/h4-5,8,13,17H,3,6-7,9H2,1-2H3,(H2,16,19). The van der Waals surface area contributed by atoms with Crippen molar-refractivity contribution in [3.63, 3.8) is 0 Å². The van der Waals surface area contributed by atoms with E-state index in [4.69, 9.17) is 10.5 Å². The topological polar surface area (TPSA) is 84.7 Å². The molecule has 1 fully saturated rings. The quantitative estimate of drug-likeness (QED) is 0.842. The Morgan fingerprint density at radius 2 is 2.27 bits per heavy atom. The number of carbonyl (C=O) groups is 2. The van der Waals surface area contributed by atoms with Gasteiger partial charge in [-0.05, 0) is 25.1 Å². The van der Waals surface area contributed by atoms with Crippen LogP contribution in [-0.2, 0) is 0 Å². The van der Waals surface area contributed by atoms with Crippen LogP contribution < -0.4 is 15.8 Å². The monoisotopic (exact) mass is 323 g/mol. The van der Waals surface area contributed by atoms with Gasteiger partial charge >= 0.3 is 0 Å². The first-order valence-corrected chi connectivity index (χ1v) is 8.24. The number of likely N-dealkylation sites (N-methyl/N-ethyl adjacent to an activating group) is 1. The zero-order valence-corrected chi connectivity index (χ0v) is 13.6. The van der Waals surface area contributed by atoms with E-state index in [1.165, 1.54) is 13.2 Å². The summed E-state index contributed by atoms with van der Waals surface area (Å²) in [6.07, 6.45) is 0. The molecular weight excluding hydrogens is 302 g/mol. The van der Waals surface area contributed by atoms with Crippen LogP contribution >= 0.6 is 11.8 Å². The van der Waals surface area contributed by atoms with Gasteiger partial charge in [0.2, 0.25) is 5.91 Å². The molecule has 1 unspecified atom stereocenters. The molecule has 1 heterocycles. The average Bonchev–Trinajstić information content (AvgIpc) is 2.55. The molecule has 1 atom stereocenters. The Bertz CT molecular complexity index is 559. The third-order valence-electron chi connectivity index (χ3n) is 3.57. The van der Waals surface area contributed by atoms with Crippen molar-refractivity contribution in [2.45, 2.75) is 12.3 Å². The Morgan fingerprint density at radius 1 is 1.50 bits per heavy atom. The van der Waals surface area contributed by atoms with Crippen LogP contribution in [0.15, 0.2) is 18.2 Å². The van der Waals surface area contributed by atoms with Crippen LogP contribution in [0.5, 0.6) is 5.75 Å². The van der Waals surface area contributed by atoms with Crippen molar-refractivity contribution >= 4 is 23.6 Å². The van der Waals surface area contributed by atoms with Crippen molar-refractivity contribution in [3.8, 4) is 5.75 Å². The number of ether oxygens (including phenoxy) is 1. The third kappa shape index (κ3) is 3.53. The summed E-state index contributed by atoms with van der Waals surface area (Å²) in [5.74, 6) is 0.702. The molecule has 7 heteroatoms. The Kier molecular flexibility index (Phi) is 5.68. The molecule has 3 N–H and O–H groups in total. The lowest BCUT2D eigenvalue weighted by atomic mass is 10.1. The van der Waals surface area contributed by atoms with Crippen molar-refractivity contribution in [2.24, 2.45) is 5.73 Å². The fraction of sp³-hybridized carbons (Fsp3) is 0.467. The molecule has 0 aliphatic carbocycles. The minimum Gasteiger partial charge on any atom is -0.496 e. The number of hydrogen-bond donors (Lipinski definition) is 2. The molecule has 2 amide bonds. The third-order valence-corrected chi connectivity index (χ3v) is 4.82. The van der Waals surface area contributed by atoms with Crippen molar-refractivity contribution in [3.05, 3.63) is 29.3 Å². The van der Waals surface area contributed by atoms with E-state index in [1.807, 2.05) is 11.8 Å². The van der Waals surface area contributed by atoms with Gasteiger partial charge in [0.05, 0.1) is 18.0 Å². The molecule has 1 saturated heterocycles. The van der Waals surface area contributed by atoms with Crippen LogP contribution in [0, 0.1) is 0 Å². The van der Waals surface area contributed by atoms with Crippen molar-refractivity contribution in [2.75, 3.05) is 32.5 Å². The summed E-state index contributed by atoms with van der Waals surface area (Å²) < 4.78 is 5.26. The second-order valence-corrected chi connectivity index (χ2v) is 6.19. The smallest absolute Gasteiger partial charge is 0.258 e. The van der Waals surface area contributed by atoms with Crippen LogP contribution in [0.3, 0.4) is 0 Å². The second kappa shape index (κ2) is 7.51. The van der Waals surface area contributed by atoms with E-state index in [0.29, 0.717) is 23.4 Å². The number of thioether (sulfide) groups is 1. The molecule has 6 nitrogen and oxygen atoms in total. The summed E-state index contributed by atoms with van der Waals surface area (Å²) in [6, 6.07) is 4.67. The fourth-order valence-corrected chi connectivity index (χ4v) is 3.60. The predicted octanol–water partition coefficient (Wildman–Crippen LogP) is 0.919. The van der Waals surface area contributed by atoms with Crippen molar-refractivity contribution in [1.82, 2.24) is 10.2 Å². The van der Waals surface area contributed by atoms with E-state index < -0.39 is 5.91 Å². The molecule has 0 aromatic heterocycles. The largest absolute Gasteiger partial charge is 0.496 e. The van der Waals surface area contributed by atoms with Gasteiger partial charge in [0.1, 0.15) is 5.75 Å². The highest BCUT2D eigenvalue weighted by atomic mass is 32.2. The van der Waals surface area contributed by atoms with Gasteiger partial charge in [-0.2, -0.15) is 0 Å². The molecule has 1 aliphatic rings. The van der Waals surface area contributed by atoms with Gasteiger partial charge in [0, 0.05) is 31.0 Å². The number of nitrogens with one attached hydrogen (secondary N) is 1. The summed E-state index contributed by atoms with van der Waals surface area (Å²) in [5.41, 5.74) is 6.03. The van der Waals surface area contributed by atoms with Crippen LogP contribution in [-0.4, -0.2) is 54.6 Å². The second-order valence-electron chi connectivity index (χ2n) is 4.90. The minimum atomic E-state index is -0.545. The number of methoxy groups -OCH3 is 1. The number of benzene rings is 1. The zero-order chi connectivity index (χ0) is 16.1. The van der Waals surface area contributed by atoms with E-state index in [9.17, 15) is 9.59 Å². The van der Waals surface area contributed by atoms with Gasteiger partial charge in [-0.1, -0.05) is 0 Å². The van der Waals surface area contributed by atoms with Crippen molar-refractivity contribution in [1.29, 1.82) is 0 Å². The number of hydrogen-bond acceptors (Lipinski definition) is 5. The molecule has 2 rings (SSSR count). The molecule has 1 aliphatic heterocycles. The molecule has 22 heavy (non-hydrogen) atoms. The lowest BCUT2D eigenvalue weighted by Gasteiger charge is -2.33. The van der Waals surface area contributed by atoms with Crippen LogP contribution in [0.4, 0.5) is 0 Å². The lowest BCUT2D eigenvalue weighted by molar-refractivity contribution is 0.0741. The van der Waals surface area contributed by atoms with Crippen LogP contribution in [0.1, 0.15) is 27.6 Å². The van der Waals surface area contributed by atoms with E-state index >= 15 is 0 Å². The normalized spacial score (nSPS) is 17.8. The Hall–Kier alpha value is -1.73. The predicted molar refractivity (Wildman–Crippen MR) is 87.3 cm³/mol. The average molecular weight is 323 g/mol. The van der Waals surface area contributed by atoms with E-state index in [-0.39, 0.29) is 11.3 Å². The van der Waals surface area contributed by atoms with Gasteiger partial charge in [0.15, 0.2) is 0 Å². The van der Waals surface area contributed by atoms with Gasteiger partial charge in [-0.15, -0.1) is 11.8 Å². The van der Waals surface area contributed by atoms with Gasteiger partial charge in [-0.3, -0.25) is 9.59 Å². The summed E-state index contributed by atoms with van der Waals surface area (Å²) in [4.78, 5) is 25.9. The number of carbonyl (C=O) groups excluding carboxylic acids is 2. The highest BCUT2D eigenvalue weighted by molar-refractivity contribution is 7.99. The maximum absolute atomic E-state index is 12.8. The SMILES string of the molecule is CCN(C(=O)c1ccc(C(N)=O)cc1OC)C1CNCCS1. The fourth-order valence-electron chi connectivity index (χ4n) is 2.41. The van der Waals surface area contributed by atoms with Gasteiger partial charge in [-0.25, -0.2) is 0 Å². The van der Waals surface area contributed by atoms with Gasteiger partial charge in [0.25, 0.3) is 5.91 Å². The molecule has 1 aromatic rings. The highest BCUT2D eigenvalue weighted by Gasteiger charge is 2.27. The molecule has 0 radical (unpaired) electrons. The van der Waals surface area contributed by atoms with E-state index in [0.717, 1.165) is 18.8 Å². The molecule has 0 spiro atoms. The van der Waals surface area contributed by atoms with Crippen molar-refractivity contribution < 1.29 is 14.3 Å². The molecular formula is C15H21N3O3S. The Labute approximate surface area is 134 Å². The number of amides is 2. The maximum atomic E-state index is 12.8. The van der Waals surface area contributed by atoms with Crippen LogP contribution in [0.25, 0.3) is 0 Å². The van der Waals surface area contributed by atoms with E-state index in [2.05, 4.69) is 5.32 Å². The minimum absolute atomic E-state index is 0.100. The maximum Gasteiger partial charge on any atom is 0.258 e. The first kappa shape index (κ1) is 16.6. The number of rotatable bonds is 5. The molecule has 0 saturated carbocycles. The Morgan fingerprint density at radius 3 is 2.82 bits per heavy atom. The molecule has 120 valence electrons. The lowest BCUT2D eigenvalue weighted by Crippen LogP contribution is -2.47. The summed E-state index contributed by atoms with van der Waals surface area (Å²) >= 11 is 1.77. The Balaban J connectivity index is 2.28. The first-order chi connectivity index (χ1) is 10.6. The first-order valence-electron chi connectivity index (χ1n) is 7.19. The van der Waals surface area contributed by atoms with Crippen LogP contribution in [0.2, 0.25) is 0 Å². The zero-order valence-electron chi connectivity index (χ0n) is 12.8. The molecule has 1 aromatic carbocycles. The summed E-state index contributed by atoms with van der Waals surface area (Å²) in [7, 11) is 1.48. The number of primary amides is 1. The molecule has 0 bridgehead atoms. The van der Waals surface area contributed by atoms with Gasteiger partial charge < -0.3 is 20.7 Å². The summed E-state index contributed by atoms with van der Waals surface area (Å²) in [6.45, 7) is 4.30.